The maximum atomic E-state index is 13.3. The molecule has 8 heteroatoms. The van der Waals surface area contributed by atoms with Crippen LogP contribution in [0.15, 0.2) is 81.2 Å². The highest BCUT2D eigenvalue weighted by molar-refractivity contribution is 6.03. The van der Waals surface area contributed by atoms with Crippen molar-refractivity contribution in [3.63, 3.8) is 0 Å². The fourth-order valence-electron chi connectivity index (χ4n) is 4.19. The quantitative estimate of drug-likeness (QED) is 0.479. The molecule has 5 rings (SSSR count). The van der Waals surface area contributed by atoms with Crippen LogP contribution in [0, 0.1) is 6.92 Å². The van der Waals surface area contributed by atoms with Gasteiger partial charge in [-0.2, -0.15) is 5.10 Å². The Balaban J connectivity index is 1.35. The molecule has 1 unspecified atom stereocenters. The molecule has 2 aromatic heterocycles. The Hall–Kier alpha value is -4.04. The molecule has 1 atom stereocenters. The monoisotopic (exact) mass is 455 g/mol. The third-order valence-electron chi connectivity index (χ3n) is 5.91. The lowest BCUT2D eigenvalue weighted by Crippen LogP contribution is -2.36. The molecule has 0 fully saturated rings. The van der Waals surface area contributed by atoms with E-state index in [1.54, 1.807) is 24.5 Å². The predicted molar refractivity (Wildman–Crippen MR) is 129 cm³/mol. The molecule has 1 N–H and O–H groups in total. The third kappa shape index (κ3) is 4.40. The first-order valence-corrected chi connectivity index (χ1v) is 11.1. The number of aryl methyl sites for hydroxylation is 1. The summed E-state index contributed by atoms with van der Waals surface area (Å²) in [6.45, 7) is 2.47. The van der Waals surface area contributed by atoms with Crippen molar-refractivity contribution < 1.29 is 9.21 Å². The molecule has 34 heavy (non-hydrogen) atoms. The molecule has 4 aromatic rings. The summed E-state index contributed by atoms with van der Waals surface area (Å²) in [5.41, 5.74) is 3.44. The number of hydrazone groups is 1. The predicted octanol–water partition coefficient (Wildman–Crippen LogP) is 3.63. The summed E-state index contributed by atoms with van der Waals surface area (Å²) >= 11 is 0. The molecular formula is C26H25N5O3. The van der Waals surface area contributed by atoms with E-state index in [0.29, 0.717) is 35.5 Å². The van der Waals surface area contributed by atoms with Crippen molar-refractivity contribution >= 4 is 22.5 Å². The summed E-state index contributed by atoms with van der Waals surface area (Å²) < 4.78 is 5.63. The van der Waals surface area contributed by atoms with E-state index >= 15 is 0 Å². The Labute approximate surface area is 196 Å². The zero-order valence-electron chi connectivity index (χ0n) is 19.1. The zero-order chi connectivity index (χ0) is 23.7. The van der Waals surface area contributed by atoms with Gasteiger partial charge in [-0.15, -0.1) is 0 Å². The van der Waals surface area contributed by atoms with Crippen LogP contribution in [0.1, 0.15) is 35.2 Å². The summed E-state index contributed by atoms with van der Waals surface area (Å²) in [5.74, 6) is 1.04. The fourth-order valence-corrected chi connectivity index (χ4v) is 4.19. The van der Waals surface area contributed by atoms with Gasteiger partial charge in [0.1, 0.15) is 17.6 Å². The Morgan fingerprint density at radius 2 is 1.94 bits per heavy atom. The summed E-state index contributed by atoms with van der Waals surface area (Å²) in [5, 5.41) is 6.74. The average molecular weight is 456 g/mol. The molecule has 0 aliphatic carbocycles. The smallest absolute Gasteiger partial charge is 0.258 e. The Morgan fingerprint density at radius 1 is 1.15 bits per heavy atom. The van der Waals surface area contributed by atoms with Gasteiger partial charge in [-0.05, 0) is 43.8 Å². The van der Waals surface area contributed by atoms with E-state index in [1.165, 1.54) is 10.6 Å². The molecule has 1 amide bonds. The lowest BCUT2D eigenvalue weighted by molar-refractivity contribution is -0.134. The van der Waals surface area contributed by atoms with Gasteiger partial charge < -0.3 is 9.40 Å². The van der Waals surface area contributed by atoms with Crippen LogP contribution in [-0.2, 0) is 11.3 Å². The van der Waals surface area contributed by atoms with Crippen LogP contribution in [-0.4, -0.2) is 45.1 Å². The van der Waals surface area contributed by atoms with Gasteiger partial charge in [-0.25, -0.2) is 9.99 Å². The lowest BCUT2D eigenvalue weighted by atomic mass is 10.0. The van der Waals surface area contributed by atoms with Gasteiger partial charge in [0.2, 0.25) is 0 Å². The van der Waals surface area contributed by atoms with E-state index in [9.17, 15) is 9.59 Å². The van der Waals surface area contributed by atoms with Crippen LogP contribution in [0.4, 0.5) is 0 Å². The summed E-state index contributed by atoms with van der Waals surface area (Å²) in [4.78, 5) is 34.8. The number of hydrogen-bond donors (Lipinski definition) is 1. The fraction of sp³-hybridized carbons (Fsp3) is 0.231. The van der Waals surface area contributed by atoms with Gasteiger partial charge in [0.25, 0.3) is 11.5 Å². The van der Waals surface area contributed by atoms with Crippen LogP contribution >= 0.6 is 0 Å². The van der Waals surface area contributed by atoms with Crippen molar-refractivity contribution in [1.82, 2.24) is 19.9 Å². The standard InChI is InChI=1S/C26H25N5O3/c1-17-9-11-18(12-10-17)21-14-22(23-8-5-13-34-23)31(29-21)25(32)16-30(2)15-24-27-20-7-4-3-6-19(20)26(33)28-24/h3-13,22H,14-16H2,1-2H3,(H,27,28,33). The number of likely N-dealkylation sites (N-methyl/N-ethyl adjacent to an activating group) is 1. The van der Waals surface area contributed by atoms with Crippen molar-refractivity contribution in [1.29, 1.82) is 0 Å². The number of aromatic amines is 1. The molecule has 0 bridgehead atoms. The number of aromatic nitrogens is 2. The second-order valence-electron chi connectivity index (χ2n) is 8.59. The lowest BCUT2D eigenvalue weighted by Gasteiger charge is -2.23. The van der Waals surface area contributed by atoms with Crippen molar-refractivity contribution in [2.75, 3.05) is 13.6 Å². The first kappa shape index (κ1) is 21.8. The van der Waals surface area contributed by atoms with Crippen LogP contribution in [0.3, 0.4) is 0 Å². The molecule has 172 valence electrons. The first-order valence-electron chi connectivity index (χ1n) is 11.1. The number of fused-ring (bicyclic) bond motifs is 1. The van der Waals surface area contributed by atoms with E-state index in [2.05, 4.69) is 15.1 Å². The summed E-state index contributed by atoms with van der Waals surface area (Å²) in [7, 11) is 1.82. The number of carbonyl (C=O) groups is 1. The highest BCUT2D eigenvalue weighted by Gasteiger charge is 2.35. The molecule has 0 spiro atoms. The minimum atomic E-state index is -0.300. The number of carbonyl (C=O) groups excluding carboxylic acids is 1. The largest absolute Gasteiger partial charge is 0.467 e. The Morgan fingerprint density at radius 3 is 2.71 bits per heavy atom. The molecule has 3 heterocycles. The second-order valence-corrected chi connectivity index (χ2v) is 8.59. The summed E-state index contributed by atoms with van der Waals surface area (Å²) in [6.07, 6.45) is 2.18. The third-order valence-corrected chi connectivity index (χ3v) is 5.91. The van der Waals surface area contributed by atoms with Gasteiger partial charge in [0.15, 0.2) is 0 Å². The SMILES string of the molecule is Cc1ccc(C2=NN(C(=O)CN(C)Cc3nc4ccccc4c(=O)[nH]3)C(c3ccco3)C2)cc1. The number of hydrogen-bond acceptors (Lipinski definition) is 6. The number of amides is 1. The molecular weight excluding hydrogens is 430 g/mol. The highest BCUT2D eigenvalue weighted by atomic mass is 16.3. The maximum Gasteiger partial charge on any atom is 0.258 e. The van der Waals surface area contributed by atoms with E-state index in [4.69, 9.17) is 4.42 Å². The van der Waals surface area contributed by atoms with E-state index in [0.717, 1.165) is 11.3 Å². The van der Waals surface area contributed by atoms with Gasteiger partial charge >= 0.3 is 0 Å². The average Bonchev–Trinajstić information content (AvgIpc) is 3.50. The number of benzene rings is 2. The van der Waals surface area contributed by atoms with Crippen molar-refractivity contribution in [3.05, 3.63) is 100.0 Å². The topological polar surface area (TPSA) is 94.8 Å². The Kier molecular flexibility index (Phi) is 5.81. The number of nitrogens with one attached hydrogen (secondary N) is 1. The number of para-hydroxylation sites is 1. The highest BCUT2D eigenvalue weighted by Crippen LogP contribution is 2.33. The van der Waals surface area contributed by atoms with E-state index < -0.39 is 0 Å². The van der Waals surface area contributed by atoms with Gasteiger partial charge in [0, 0.05) is 6.42 Å². The molecule has 0 saturated heterocycles. The molecule has 0 saturated carbocycles. The second kappa shape index (κ2) is 9.07. The molecule has 1 aliphatic heterocycles. The van der Waals surface area contributed by atoms with Gasteiger partial charge in [0.05, 0.1) is 36.0 Å². The van der Waals surface area contributed by atoms with Crippen molar-refractivity contribution in [2.45, 2.75) is 25.9 Å². The number of H-pyrrole nitrogens is 1. The minimum absolute atomic E-state index is 0.110. The first-order chi connectivity index (χ1) is 16.5. The van der Waals surface area contributed by atoms with Crippen LogP contribution < -0.4 is 5.56 Å². The van der Waals surface area contributed by atoms with E-state index in [1.807, 2.05) is 61.3 Å². The normalized spacial score (nSPS) is 15.8. The number of nitrogens with zero attached hydrogens (tertiary/aromatic N) is 4. The van der Waals surface area contributed by atoms with E-state index in [-0.39, 0.29) is 24.1 Å². The molecule has 1 aliphatic rings. The van der Waals surface area contributed by atoms with Crippen LogP contribution in [0.25, 0.3) is 10.9 Å². The summed E-state index contributed by atoms with van der Waals surface area (Å²) in [6, 6.07) is 18.7. The molecule has 2 aromatic carbocycles. The van der Waals surface area contributed by atoms with Crippen LogP contribution in [0.5, 0.6) is 0 Å². The molecule has 8 nitrogen and oxygen atoms in total. The maximum absolute atomic E-state index is 13.3. The Bertz CT molecular complexity index is 1410. The van der Waals surface area contributed by atoms with Crippen LogP contribution in [0.2, 0.25) is 0 Å². The molecule has 0 radical (unpaired) electrons. The number of furan rings is 1. The number of rotatable bonds is 6. The zero-order valence-corrected chi connectivity index (χ0v) is 19.1. The minimum Gasteiger partial charge on any atom is -0.467 e. The van der Waals surface area contributed by atoms with Gasteiger partial charge in [-0.3, -0.25) is 14.5 Å². The van der Waals surface area contributed by atoms with Crippen molar-refractivity contribution in [3.8, 4) is 0 Å². The van der Waals surface area contributed by atoms with Crippen molar-refractivity contribution in [2.24, 2.45) is 5.10 Å². The van der Waals surface area contributed by atoms with Gasteiger partial charge in [-0.1, -0.05) is 42.0 Å².